The number of nitrogens with zero attached hydrogens (tertiary/aromatic N) is 3. The zero-order valence-electron chi connectivity index (χ0n) is 15.5. The fourth-order valence-corrected chi connectivity index (χ4v) is 3.58. The third kappa shape index (κ3) is 4.04. The summed E-state index contributed by atoms with van der Waals surface area (Å²) in [5, 5.41) is 19.6. The van der Waals surface area contributed by atoms with Crippen LogP contribution in [0.25, 0.3) is 0 Å². The fraction of sp³-hybridized carbons (Fsp3) is 0.350. The van der Waals surface area contributed by atoms with E-state index in [4.69, 9.17) is 11.6 Å². The van der Waals surface area contributed by atoms with Gasteiger partial charge < -0.3 is 20.0 Å². The van der Waals surface area contributed by atoms with Crippen LogP contribution < -0.4 is 0 Å². The van der Waals surface area contributed by atoms with Crippen LogP contribution in [0.2, 0.25) is 5.02 Å². The summed E-state index contributed by atoms with van der Waals surface area (Å²) in [5.74, 6) is -1.29. The molecule has 1 saturated heterocycles. The molecular formula is C20H22ClN3O4. The van der Waals surface area contributed by atoms with E-state index >= 15 is 0 Å². The molecule has 1 aliphatic rings. The second-order valence-corrected chi connectivity index (χ2v) is 7.10. The summed E-state index contributed by atoms with van der Waals surface area (Å²) in [7, 11) is 0. The number of aromatic hydroxyl groups is 2. The van der Waals surface area contributed by atoms with E-state index in [-0.39, 0.29) is 28.0 Å². The predicted molar refractivity (Wildman–Crippen MR) is 104 cm³/mol. The smallest absolute Gasteiger partial charge is 0.258 e. The first kappa shape index (κ1) is 19.9. The zero-order valence-corrected chi connectivity index (χ0v) is 16.3. The molecule has 0 unspecified atom stereocenters. The number of carbonyl (C=O) groups excluding carboxylic acids is 2. The average molecular weight is 404 g/mol. The van der Waals surface area contributed by atoms with Crippen LogP contribution in [0, 0.1) is 0 Å². The molecule has 7 nitrogen and oxygen atoms in total. The molecule has 0 aliphatic carbocycles. The average Bonchev–Trinajstić information content (AvgIpc) is 3.18. The van der Waals surface area contributed by atoms with Crippen LogP contribution in [0.5, 0.6) is 11.5 Å². The Kier molecular flexibility index (Phi) is 6.04. The topological polar surface area (TPSA) is 94.0 Å². The van der Waals surface area contributed by atoms with E-state index < -0.39 is 11.9 Å². The van der Waals surface area contributed by atoms with Crippen molar-refractivity contribution < 1.29 is 19.8 Å². The van der Waals surface area contributed by atoms with Crippen molar-refractivity contribution in [3.05, 3.63) is 52.8 Å². The van der Waals surface area contributed by atoms with E-state index in [9.17, 15) is 19.8 Å². The molecule has 0 bridgehead atoms. The van der Waals surface area contributed by atoms with Gasteiger partial charge in [0.2, 0.25) is 5.91 Å². The lowest BCUT2D eigenvalue weighted by atomic mass is 10.1. The number of likely N-dealkylation sites (tertiary alicyclic amines) is 1. The number of benzene rings is 1. The summed E-state index contributed by atoms with van der Waals surface area (Å²) in [4.78, 5) is 33.3. The van der Waals surface area contributed by atoms with Crippen molar-refractivity contribution in [2.45, 2.75) is 32.4 Å². The van der Waals surface area contributed by atoms with Gasteiger partial charge in [0.1, 0.15) is 17.5 Å². The van der Waals surface area contributed by atoms with Crippen molar-refractivity contribution in [2.24, 2.45) is 0 Å². The molecule has 0 saturated carbocycles. The Morgan fingerprint density at radius 1 is 1.32 bits per heavy atom. The van der Waals surface area contributed by atoms with Crippen molar-refractivity contribution >= 4 is 23.4 Å². The van der Waals surface area contributed by atoms with Gasteiger partial charge in [0.05, 0.1) is 10.6 Å². The lowest BCUT2D eigenvalue weighted by Crippen LogP contribution is -2.47. The first-order chi connectivity index (χ1) is 13.4. The van der Waals surface area contributed by atoms with Gasteiger partial charge in [-0.3, -0.25) is 14.6 Å². The fourth-order valence-electron chi connectivity index (χ4n) is 3.41. The highest BCUT2D eigenvalue weighted by molar-refractivity contribution is 6.32. The Hall–Kier alpha value is -2.80. The molecule has 0 radical (unpaired) electrons. The maximum absolute atomic E-state index is 13.1. The normalized spacial score (nSPS) is 16.2. The summed E-state index contributed by atoms with van der Waals surface area (Å²) in [5.41, 5.74) is 0.884. The number of aromatic nitrogens is 1. The summed E-state index contributed by atoms with van der Waals surface area (Å²) >= 11 is 5.89. The molecule has 2 N–H and O–H groups in total. The van der Waals surface area contributed by atoms with Crippen molar-refractivity contribution in [1.29, 1.82) is 0 Å². The minimum absolute atomic E-state index is 0.0298. The first-order valence-corrected chi connectivity index (χ1v) is 9.50. The summed E-state index contributed by atoms with van der Waals surface area (Å²) in [6.45, 7) is 3.22. The molecule has 2 amide bonds. The molecule has 148 valence electrons. The summed E-state index contributed by atoms with van der Waals surface area (Å²) in [6, 6.07) is 5.37. The van der Waals surface area contributed by atoms with E-state index in [1.54, 1.807) is 17.3 Å². The number of pyridine rings is 1. The van der Waals surface area contributed by atoms with E-state index in [0.717, 1.165) is 11.6 Å². The lowest BCUT2D eigenvalue weighted by Gasteiger charge is -2.30. The molecule has 3 rings (SSSR count). The van der Waals surface area contributed by atoms with E-state index in [2.05, 4.69) is 4.98 Å². The van der Waals surface area contributed by atoms with E-state index in [0.29, 0.717) is 32.5 Å². The van der Waals surface area contributed by atoms with Gasteiger partial charge in [0.25, 0.3) is 5.91 Å². The Bertz CT molecular complexity index is 875. The maximum atomic E-state index is 13.1. The van der Waals surface area contributed by atoms with Crippen molar-refractivity contribution in [2.75, 3.05) is 13.1 Å². The third-order valence-corrected chi connectivity index (χ3v) is 5.19. The highest BCUT2D eigenvalue weighted by atomic mass is 35.5. The van der Waals surface area contributed by atoms with E-state index in [1.807, 2.05) is 19.1 Å². The predicted octanol–water partition coefficient (Wildman–Crippen LogP) is 2.80. The number of carbonyl (C=O) groups is 2. The minimum atomic E-state index is -0.601. The zero-order chi connectivity index (χ0) is 20.3. The van der Waals surface area contributed by atoms with Gasteiger partial charge >= 0.3 is 0 Å². The number of rotatable bonds is 5. The number of hydrogen-bond acceptors (Lipinski definition) is 5. The maximum Gasteiger partial charge on any atom is 0.258 e. The molecule has 2 aromatic rings. The van der Waals surface area contributed by atoms with Crippen LogP contribution in [-0.4, -0.2) is 55.9 Å². The molecule has 1 aromatic heterocycles. The van der Waals surface area contributed by atoms with Gasteiger partial charge in [-0.15, -0.1) is 0 Å². The Balaban J connectivity index is 1.80. The number of halogens is 1. The number of hydrogen-bond donors (Lipinski definition) is 2. The van der Waals surface area contributed by atoms with Crippen molar-refractivity contribution in [3.63, 3.8) is 0 Å². The van der Waals surface area contributed by atoms with Crippen LogP contribution in [-0.2, 0) is 11.3 Å². The van der Waals surface area contributed by atoms with Crippen molar-refractivity contribution in [1.82, 2.24) is 14.8 Å². The number of phenols is 2. The number of amides is 2. The molecule has 1 aromatic carbocycles. The standard InChI is InChI=1S/C20H22ClN3O4/c1-2-23(12-13-5-3-7-22-11-13)20(28)16-6-4-8-24(16)19(27)14-9-15(21)18(26)10-17(14)25/h3,5,7,9-11,16,25-26H,2,4,6,8,12H2,1H3/t16-/m0/s1. The second kappa shape index (κ2) is 8.48. The first-order valence-electron chi connectivity index (χ1n) is 9.12. The molecule has 1 atom stereocenters. The van der Waals surface area contributed by atoms with Crippen LogP contribution >= 0.6 is 11.6 Å². The van der Waals surface area contributed by atoms with E-state index in [1.165, 1.54) is 11.0 Å². The quantitative estimate of drug-likeness (QED) is 0.800. The molecule has 28 heavy (non-hydrogen) atoms. The van der Waals surface area contributed by atoms with Crippen molar-refractivity contribution in [3.8, 4) is 11.5 Å². The van der Waals surface area contributed by atoms with Gasteiger partial charge in [0.15, 0.2) is 0 Å². The van der Waals surface area contributed by atoms with Gasteiger partial charge in [-0.1, -0.05) is 17.7 Å². The van der Waals surface area contributed by atoms with Gasteiger partial charge in [-0.2, -0.15) is 0 Å². The summed E-state index contributed by atoms with van der Waals surface area (Å²) in [6.07, 6.45) is 4.64. The third-order valence-electron chi connectivity index (χ3n) is 4.88. The van der Waals surface area contributed by atoms with Crippen LogP contribution in [0.15, 0.2) is 36.7 Å². The number of phenolic OH excluding ortho intramolecular Hbond substituents is 2. The highest BCUT2D eigenvalue weighted by Crippen LogP contribution is 2.33. The molecule has 0 spiro atoms. The Labute approximate surface area is 168 Å². The Morgan fingerprint density at radius 2 is 2.11 bits per heavy atom. The van der Waals surface area contributed by atoms with Crippen LogP contribution in [0.4, 0.5) is 0 Å². The molecule has 1 aliphatic heterocycles. The number of likely N-dealkylation sites (N-methyl/N-ethyl adjacent to an activating group) is 1. The molecular weight excluding hydrogens is 382 g/mol. The SMILES string of the molecule is CCN(Cc1cccnc1)C(=O)[C@@H]1CCCN1C(=O)c1cc(Cl)c(O)cc1O. The molecule has 8 heteroatoms. The highest BCUT2D eigenvalue weighted by Gasteiger charge is 2.37. The van der Waals surface area contributed by atoms with Crippen LogP contribution in [0.3, 0.4) is 0 Å². The van der Waals surface area contributed by atoms with Gasteiger partial charge in [-0.05, 0) is 37.5 Å². The monoisotopic (exact) mass is 403 g/mol. The minimum Gasteiger partial charge on any atom is -0.507 e. The lowest BCUT2D eigenvalue weighted by molar-refractivity contribution is -0.135. The molecule has 1 fully saturated rings. The van der Waals surface area contributed by atoms with Crippen LogP contribution in [0.1, 0.15) is 35.7 Å². The molecule has 2 heterocycles. The van der Waals surface area contributed by atoms with Gasteiger partial charge in [0, 0.05) is 38.1 Å². The largest absolute Gasteiger partial charge is 0.507 e. The second-order valence-electron chi connectivity index (χ2n) is 6.69. The Morgan fingerprint density at radius 3 is 2.79 bits per heavy atom. The summed E-state index contributed by atoms with van der Waals surface area (Å²) < 4.78 is 0. The van der Waals surface area contributed by atoms with Gasteiger partial charge in [-0.25, -0.2) is 0 Å².